The molecule has 0 aromatic rings. The van der Waals surface area contributed by atoms with E-state index in [0.717, 1.165) is 0 Å². The molecule has 1 unspecified atom stereocenters. The Hall–Kier alpha value is -0.860. The summed E-state index contributed by atoms with van der Waals surface area (Å²) in [4.78, 5) is 13.2. The molecule has 0 bridgehead atoms. The van der Waals surface area contributed by atoms with Crippen LogP contribution in [-0.4, -0.2) is 67.6 Å². The van der Waals surface area contributed by atoms with Crippen LogP contribution in [0.1, 0.15) is 86.0 Å². The van der Waals surface area contributed by atoms with E-state index >= 15 is 8.78 Å². The van der Waals surface area contributed by atoms with Crippen LogP contribution in [0, 0.1) is 0 Å². The predicted octanol–water partition coefficient (Wildman–Crippen LogP) is 2.96. The number of sulfone groups is 2. The molecule has 1 atom stereocenters. The zero-order valence-electron chi connectivity index (χ0n) is 20.2. The number of carbonyl (C=O) groups excluding carboxylic acids is 1. The van der Waals surface area contributed by atoms with Gasteiger partial charge in [-0.3, -0.25) is 0 Å². The first-order chi connectivity index (χ1) is 15.4. The van der Waals surface area contributed by atoms with Crippen LogP contribution in [-0.2, 0) is 39.2 Å². The van der Waals surface area contributed by atoms with Crippen molar-refractivity contribution >= 4 is 35.7 Å². The SMILES string of the molecule is CC(C)N(C(C)C)S(=O)(=O)C(F)(F)S(=O)(=O)C(C)(C(=O)OC1CCCC1)S(=O)(=O)C1CCCC1. The molecule has 2 rings (SSSR count). The minimum Gasteiger partial charge on any atom is -0.460 e. The maximum Gasteiger partial charge on any atom is 0.461 e. The molecule has 2 saturated carbocycles. The van der Waals surface area contributed by atoms with Gasteiger partial charge < -0.3 is 4.74 Å². The van der Waals surface area contributed by atoms with Gasteiger partial charge in [0.05, 0.1) is 5.25 Å². The standard InChI is InChI=1S/C20H35F2NO8S3/c1-14(2)23(15(3)4)34(29,30)20(21,22)33(27,28)19(5,18(24)31-16-10-6-7-11-16)32(25,26)17-12-8-9-13-17/h14-17H,6-13H2,1-5H3. The molecule has 0 heterocycles. The van der Waals surface area contributed by atoms with Crippen molar-refractivity contribution in [1.82, 2.24) is 4.31 Å². The van der Waals surface area contributed by atoms with E-state index in [1.807, 2.05) is 0 Å². The van der Waals surface area contributed by atoms with Gasteiger partial charge in [-0.15, -0.1) is 0 Å². The minimum atomic E-state index is -6.53. The number of sulfonamides is 1. The van der Waals surface area contributed by atoms with Crippen LogP contribution in [0.25, 0.3) is 0 Å². The van der Waals surface area contributed by atoms with Gasteiger partial charge in [0.25, 0.3) is 23.9 Å². The molecule has 0 spiro atoms. The van der Waals surface area contributed by atoms with Crippen LogP contribution in [0.4, 0.5) is 8.78 Å². The van der Waals surface area contributed by atoms with E-state index in [1.165, 1.54) is 27.7 Å². The lowest BCUT2D eigenvalue weighted by molar-refractivity contribution is -0.149. The Morgan fingerprint density at radius 2 is 1.26 bits per heavy atom. The molecule has 2 fully saturated rings. The van der Waals surface area contributed by atoms with Gasteiger partial charge in [-0.1, -0.05) is 12.8 Å². The van der Waals surface area contributed by atoms with E-state index in [2.05, 4.69) is 0 Å². The molecule has 200 valence electrons. The highest BCUT2D eigenvalue weighted by Crippen LogP contribution is 2.46. The zero-order valence-corrected chi connectivity index (χ0v) is 22.6. The molecule has 0 saturated heterocycles. The topological polar surface area (TPSA) is 132 Å². The van der Waals surface area contributed by atoms with Crippen molar-refractivity contribution in [2.24, 2.45) is 0 Å². The molecule has 0 aromatic carbocycles. The summed E-state index contributed by atoms with van der Waals surface area (Å²) in [5, 5.41) is -1.38. The summed E-state index contributed by atoms with van der Waals surface area (Å²) in [6, 6.07) is -2.12. The summed E-state index contributed by atoms with van der Waals surface area (Å²) >= 11 is 0. The average molecular weight is 552 g/mol. The van der Waals surface area contributed by atoms with Crippen LogP contribution < -0.4 is 0 Å². The maximum atomic E-state index is 15.6. The van der Waals surface area contributed by atoms with Crippen LogP contribution >= 0.6 is 0 Å². The molecule has 0 aliphatic heterocycles. The zero-order chi connectivity index (χ0) is 26.3. The molecule has 14 heteroatoms. The summed E-state index contributed by atoms with van der Waals surface area (Å²) in [6.07, 6.45) is 1.87. The average Bonchev–Trinajstić information content (AvgIpc) is 3.39. The number of hydrogen-bond donors (Lipinski definition) is 0. The Balaban J connectivity index is 2.74. The quantitative estimate of drug-likeness (QED) is 0.379. The van der Waals surface area contributed by atoms with Gasteiger partial charge in [-0.05, 0) is 73.1 Å². The number of esters is 1. The van der Waals surface area contributed by atoms with Gasteiger partial charge in [-0.2, -0.15) is 13.1 Å². The molecule has 9 nitrogen and oxygen atoms in total. The van der Waals surface area contributed by atoms with Crippen molar-refractivity contribution in [3.63, 3.8) is 0 Å². The second kappa shape index (κ2) is 9.89. The molecular formula is C20H35F2NO8S3. The first-order valence-corrected chi connectivity index (χ1v) is 15.9. The number of nitrogens with zero attached hydrogens (tertiary/aromatic N) is 1. The van der Waals surface area contributed by atoms with E-state index in [1.54, 1.807) is 0 Å². The summed E-state index contributed by atoms with van der Waals surface area (Å²) in [6.45, 7) is 5.48. The number of alkyl halides is 2. The second-order valence-electron chi connectivity index (χ2n) is 9.70. The van der Waals surface area contributed by atoms with Crippen molar-refractivity contribution in [2.45, 2.75) is 118 Å². The number of hydrogen-bond acceptors (Lipinski definition) is 8. The molecule has 2 aliphatic carbocycles. The van der Waals surface area contributed by atoms with Crippen LogP contribution in [0.2, 0.25) is 0 Å². The third-order valence-corrected chi connectivity index (χ3v) is 15.7. The fraction of sp³-hybridized carbons (Fsp3) is 0.950. The van der Waals surface area contributed by atoms with E-state index < -0.39 is 67.8 Å². The Morgan fingerprint density at radius 3 is 1.68 bits per heavy atom. The van der Waals surface area contributed by atoms with E-state index in [4.69, 9.17) is 4.74 Å². The fourth-order valence-electron chi connectivity index (χ4n) is 4.80. The largest absolute Gasteiger partial charge is 0.461 e. The minimum absolute atomic E-state index is 0.0212. The number of rotatable bonds is 10. The lowest BCUT2D eigenvalue weighted by Gasteiger charge is -2.37. The van der Waals surface area contributed by atoms with Crippen molar-refractivity contribution in [3.8, 4) is 0 Å². The van der Waals surface area contributed by atoms with Gasteiger partial charge in [0, 0.05) is 12.1 Å². The predicted molar refractivity (Wildman–Crippen MR) is 123 cm³/mol. The van der Waals surface area contributed by atoms with Gasteiger partial charge in [0.2, 0.25) is 0 Å². The van der Waals surface area contributed by atoms with Gasteiger partial charge in [0.1, 0.15) is 6.10 Å². The van der Waals surface area contributed by atoms with E-state index in [9.17, 15) is 30.0 Å². The molecule has 34 heavy (non-hydrogen) atoms. The Bertz CT molecular complexity index is 1070. The number of ether oxygens (including phenoxy) is 1. The molecule has 0 N–H and O–H groups in total. The molecule has 0 amide bonds. The Kier molecular flexibility index (Phi) is 8.54. The highest BCUT2D eigenvalue weighted by atomic mass is 32.3. The smallest absolute Gasteiger partial charge is 0.460 e. The third-order valence-electron chi connectivity index (χ3n) is 6.65. The highest BCUT2D eigenvalue weighted by molar-refractivity contribution is 8.18. The van der Waals surface area contributed by atoms with Crippen LogP contribution in [0.15, 0.2) is 0 Å². The third kappa shape index (κ3) is 4.52. The maximum absolute atomic E-state index is 15.6. The first kappa shape index (κ1) is 29.4. The summed E-state index contributed by atoms with van der Waals surface area (Å²) in [5.41, 5.74) is 0. The monoisotopic (exact) mass is 551 g/mol. The van der Waals surface area contributed by atoms with Crippen LogP contribution in [0.5, 0.6) is 0 Å². The van der Waals surface area contributed by atoms with Crippen molar-refractivity contribution in [1.29, 1.82) is 0 Å². The summed E-state index contributed by atoms with van der Waals surface area (Å²) in [7, 11) is -17.6. The van der Waals surface area contributed by atoms with Crippen molar-refractivity contribution in [2.75, 3.05) is 0 Å². The number of carbonyl (C=O) groups is 1. The summed E-state index contributed by atoms with van der Waals surface area (Å²) < 4.78 is 107. The molecule has 0 radical (unpaired) electrons. The lowest BCUT2D eigenvalue weighted by atomic mass is 10.3. The van der Waals surface area contributed by atoms with E-state index in [-0.39, 0.29) is 12.8 Å². The Labute approximate surface area is 201 Å². The fourth-order valence-corrected chi connectivity index (χ4v) is 12.7. The summed E-state index contributed by atoms with van der Waals surface area (Å²) in [5.74, 6) is -1.87. The van der Waals surface area contributed by atoms with Crippen LogP contribution in [0.3, 0.4) is 0 Å². The van der Waals surface area contributed by atoms with Crippen molar-refractivity contribution in [3.05, 3.63) is 0 Å². The van der Waals surface area contributed by atoms with Gasteiger partial charge in [0.15, 0.2) is 9.84 Å². The van der Waals surface area contributed by atoms with Crippen molar-refractivity contribution < 1.29 is 43.6 Å². The Morgan fingerprint density at radius 1 is 0.853 bits per heavy atom. The molecule has 0 aromatic heterocycles. The molecular weight excluding hydrogens is 516 g/mol. The lowest BCUT2D eigenvalue weighted by Crippen LogP contribution is -2.63. The van der Waals surface area contributed by atoms with Gasteiger partial charge >= 0.3 is 10.6 Å². The normalized spacial score (nSPS) is 21.5. The first-order valence-electron chi connectivity index (χ1n) is 11.5. The molecule has 2 aliphatic rings. The second-order valence-corrected chi connectivity index (χ2v) is 17.0. The van der Waals surface area contributed by atoms with E-state index in [0.29, 0.717) is 49.8 Å². The van der Waals surface area contributed by atoms with Gasteiger partial charge in [-0.25, -0.2) is 30.0 Å². The highest BCUT2D eigenvalue weighted by Gasteiger charge is 2.74. The number of halogens is 2.